The maximum Gasteiger partial charge on any atom is 0.334 e. The standard InChI is InChI=1S/C4H3N5O/c1-5-4(10-8-1)9-2-6-7-3-9/h1-3H. The van der Waals surface area contributed by atoms with Gasteiger partial charge < -0.3 is 4.52 Å². The fourth-order valence-electron chi connectivity index (χ4n) is 0.581. The van der Waals surface area contributed by atoms with E-state index in [2.05, 4.69) is 20.3 Å². The second-order valence-electron chi connectivity index (χ2n) is 1.59. The van der Waals surface area contributed by atoms with Crippen LogP contribution < -0.4 is 0 Å². The Morgan fingerprint density at radius 1 is 1.30 bits per heavy atom. The van der Waals surface area contributed by atoms with Gasteiger partial charge in [-0.15, -0.1) is 10.2 Å². The molecule has 0 spiro atoms. The minimum Gasteiger partial charge on any atom is -0.315 e. The lowest BCUT2D eigenvalue weighted by atomic mass is 11.0. The van der Waals surface area contributed by atoms with Gasteiger partial charge in [0.2, 0.25) is 0 Å². The Morgan fingerprint density at radius 3 is 2.70 bits per heavy atom. The minimum absolute atomic E-state index is 0.366. The van der Waals surface area contributed by atoms with Crippen molar-refractivity contribution in [3.63, 3.8) is 0 Å². The summed E-state index contributed by atoms with van der Waals surface area (Å²) in [5.41, 5.74) is 0. The Kier molecular flexibility index (Phi) is 0.970. The SMILES string of the molecule is c1noc(-n2cnnc2)n1. The van der Waals surface area contributed by atoms with Crippen molar-refractivity contribution in [2.45, 2.75) is 0 Å². The summed E-state index contributed by atoms with van der Waals surface area (Å²) in [6.07, 6.45) is 4.27. The van der Waals surface area contributed by atoms with Crippen molar-refractivity contribution in [1.29, 1.82) is 0 Å². The molecule has 0 aliphatic carbocycles. The zero-order chi connectivity index (χ0) is 6.81. The van der Waals surface area contributed by atoms with E-state index < -0.39 is 0 Å². The van der Waals surface area contributed by atoms with Crippen LogP contribution in [0.3, 0.4) is 0 Å². The van der Waals surface area contributed by atoms with E-state index in [1.807, 2.05) is 0 Å². The highest BCUT2D eigenvalue weighted by Gasteiger charge is 1.98. The van der Waals surface area contributed by atoms with E-state index in [-0.39, 0.29) is 0 Å². The zero-order valence-electron chi connectivity index (χ0n) is 4.88. The van der Waals surface area contributed by atoms with Crippen molar-refractivity contribution < 1.29 is 4.52 Å². The molecule has 0 aliphatic rings. The first kappa shape index (κ1) is 5.10. The highest BCUT2D eigenvalue weighted by Crippen LogP contribution is 1.96. The molecule has 0 fully saturated rings. The summed E-state index contributed by atoms with van der Waals surface area (Å²) in [6.45, 7) is 0. The average molecular weight is 137 g/mol. The van der Waals surface area contributed by atoms with Gasteiger partial charge in [-0.25, -0.2) is 4.57 Å². The lowest BCUT2D eigenvalue weighted by molar-refractivity contribution is 0.402. The molecular weight excluding hydrogens is 134 g/mol. The monoisotopic (exact) mass is 137 g/mol. The Balaban J connectivity index is 2.48. The summed E-state index contributed by atoms with van der Waals surface area (Å²) in [6, 6.07) is 0.366. The summed E-state index contributed by atoms with van der Waals surface area (Å²) >= 11 is 0. The summed E-state index contributed by atoms with van der Waals surface area (Å²) in [4.78, 5) is 3.76. The van der Waals surface area contributed by atoms with Crippen LogP contribution in [0.2, 0.25) is 0 Å². The Hall–Kier alpha value is -1.72. The van der Waals surface area contributed by atoms with Crippen molar-refractivity contribution in [2.24, 2.45) is 0 Å². The van der Waals surface area contributed by atoms with Crippen molar-refractivity contribution in [2.75, 3.05) is 0 Å². The molecule has 2 heterocycles. The predicted molar refractivity (Wildman–Crippen MR) is 29.2 cm³/mol. The van der Waals surface area contributed by atoms with Crippen LogP contribution >= 0.6 is 0 Å². The summed E-state index contributed by atoms with van der Waals surface area (Å²) in [7, 11) is 0. The van der Waals surface area contributed by atoms with Gasteiger partial charge in [-0.1, -0.05) is 5.16 Å². The first-order valence-electron chi connectivity index (χ1n) is 2.58. The third-order valence-corrected chi connectivity index (χ3v) is 0.989. The summed E-state index contributed by atoms with van der Waals surface area (Å²) in [5.74, 6) is 0. The molecule has 0 atom stereocenters. The van der Waals surface area contributed by atoms with E-state index >= 15 is 0 Å². The van der Waals surface area contributed by atoms with Gasteiger partial charge in [0.05, 0.1) is 0 Å². The number of nitrogens with zero attached hydrogens (tertiary/aromatic N) is 5. The van der Waals surface area contributed by atoms with Crippen molar-refractivity contribution in [1.82, 2.24) is 24.9 Å². The molecule has 0 amide bonds. The quantitative estimate of drug-likeness (QED) is 0.537. The Bertz CT molecular complexity index is 253. The largest absolute Gasteiger partial charge is 0.334 e. The van der Waals surface area contributed by atoms with Crippen LogP contribution in [0.1, 0.15) is 0 Å². The second-order valence-corrected chi connectivity index (χ2v) is 1.59. The first-order chi connectivity index (χ1) is 4.97. The maximum atomic E-state index is 4.70. The molecule has 0 saturated carbocycles. The highest BCUT2D eigenvalue weighted by molar-refractivity contribution is 4.98. The van der Waals surface area contributed by atoms with Crippen molar-refractivity contribution >= 4 is 0 Å². The van der Waals surface area contributed by atoms with Crippen LogP contribution in [0.5, 0.6) is 0 Å². The zero-order valence-corrected chi connectivity index (χ0v) is 4.88. The molecule has 2 aromatic rings. The number of aromatic nitrogens is 5. The second kappa shape index (κ2) is 1.90. The maximum absolute atomic E-state index is 4.70. The molecule has 2 rings (SSSR count). The van der Waals surface area contributed by atoms with E-state index in [9.17, 15) is 0 Å². The van der Waals surface area contributed by atoms with Crippen LogP contribution in [0.4, 0.5) is 0 Å². The molecule has 6 heteroatoms. The van der Waals surface area contributed by atoms with Gasteiger partial charge in [-0.2, -0.15) is 4.98 Å². The predicted octanol–water partition coefficient (Wildman–Crippen LogP) is -0.350. The molecule has 2 aromatic heterocycles. The van der Waals surface area contributed by atoms with Gasteiger partial charge in [0.1, 0.15) is 12.7 Å². The first-order valence-corrected chi connectivity index (χ1v) is 2.58. The van der Waals surface area contributed by atoms with E-state index in [4.69, 9.17) is 4.52 Å². The normalized spacial score (nSPS) is 10.0. The summed E-state index contributed by atoms with van der Waals surface area (Å²) < 4.78 is 6.22. The molecule has 0 aliphatic heterocycles. The van der Waals surface area contributed by atoms with Crippen molar-refractivity contribution in [3.05, 3.63) is 19.0 Å². The van der Waals surface area contributed by atoms with Gasteiger partial charge in [-0.05, 0) is 0 Å². The van der Waals surface area contributed by atoms with Crippen LogP contribution in [-0.4, -0.2) is 24.9 Å². The number of hydrogen-bond acceptors (Lipinski definition) is 5. The van der Waals surface area contributed by atoms with E-state index in [0.717, 1.165) is 0 Å². The van der Waals surface area contributed by atoms with Gasteiger partial charge in [0.15, 0.2) is 6.33 Å². The fourth-order valence-corrected chi connectivity index (χ4v) is 0.581. The lowest BCUT2D eigenvalue weighted by Crippen LogP contribution is -1.88. The van der Waals surface area contributed by atoms with Crippen molar-refractivity contribution in [3.8, 4) is 6.01 Å². The van der Waals surface area contributed by atoms with E-state index in [1.54, 1.807) is 0 Å². The summed E-state index contributed by atoms with van der Waals surface area (Å²) in [5, 5.41) is 10.5. The molecule has 10 heavy (non-hydrogen) atoms. The molecule has 50 valence electrons. The third-order valence-electron chi connectivity index (χ3n) is 0.989. The smallest absolute Gasteiger partial charge is 0.315 e. The lowest BCUT2D eigenvalue weighted by Gasteiger charge is -1.85. The van der Waals surface area contributed by atoms with Gasteiger partial charge in [-0.3, -0.25) is 0 Å². The van der Waals surface area contributed by atoms with Gasteiger partial charge in [0.25, 0.3) is 0 Å². The molecular formula is C4H3N5O. The number of hydrogen-bond donors (Lipinski definition) is 0. The Labute approximate surface area is 55.5 Å². The third kappa shape index (κ3) is 0.661. The molecule has 0 saturated heterocycles. The van der Waals surface area contributed by atoms with E-state index in [1.165, 1.54) is 23.5 Å². The average Bonchev–Trinajstić information content (AvgIpc) is 2.59. The highest BCUT2D eigenvalue weighted by atomic mass is 16.5. The molecule has 0 radical (unpaired) electrons. The molecule has 0 N–H and O–H groups in total. The molecule has 0 unspecified atom stereocenters. The van der Waals surface area contributed by atoms with Gasteiger partial charge >= 0.3 is 6.01 Å². The molecule has 0 bridgehead atoms. The number of rotatable bonds is 1. The fraction of sp³-hybridized carbons (Fsp3) is 0. The Morgan fingerprint density at radius 2 is 2.10 bits per heavy atom. The minimum atomic E-state index is 0.366. The van der Waals surface area contributed by atoms with Crippen LogP contribution in [-0.2, 0) is 0 Å². The van der Waals surface area contributed by atoms with Crippen LogP contribution in [0, 0.1) is 0 Å². The topological polar surface area (TPSA) is 69.6 Å². The van der Waals surface area contributed by atoms with Crippen LogP contribution in [0.25, 0.3) is 6.01 Å². The molecule has 6 nitrogen and oxygen atoms in total. The van der Waals surface area contributed by atoms with Crippen LogP contribution in [0.15, 0.2) is 23.5 Å². The van der Waals surface area contributed by atoms with E-state index in [0.29, 0.717) is 6.01 Å². The molecule has 0 aromatic carbocycles. The van der Waals surface area contributed by atoms with Gasteiger partial charge in [0, 0.05) is 0 Å².